The van der Waals surface area contributed by atoms with Gasteiger partial charge in [-0.3, -0.25) is 0 Å². The van der Waals surface area contributed by atoms with E-state index >= 15 is 0 Å². The molecule has 4 aliphatic rings. The molecule has 5 rings (SSSR count). The molecule has 0 aromatic carbocycles. The molecule has 1 aromatic heterocycles. The summed E-state index contributed by atoms with van der Waals surface area (Å²) < 4.78 is 5.18. The van der Waals surface area contributed by atoms with Crippen LogP contribution >= 0.6 is 0 Å². The largest absolute Gasteiger partial charge is 0.431 e. The molecule has 27 heavy (non-hydrogen) atoms. The van der Waals surface area contributed by atoms with Gasteiger partial charge in [-0.1, -0.05) is 26.0 Å². The van der Waals surface area contributed by atoms with Gasteiger partial charge in [-0.25, -0.2) is 4.79 Å². The van der Waals surface area contributed by atoms with Crippen molar-refractivity contribution < 1.29 is 9.52 Å². The molecular formula is C24H32O3. The number of allylic oxidation sites excluding steroid dienone is 2. The third-order valence-corrected chi connectivity index (χ3v) is 9.52. The van der Waals surface area contributed by atoms with E-state index < -0.39 is 5.60 Å². The minimum atomic E-state index is -0.591. The fourth-order valence-corrected chi connectivity index (χ4v) is 7.91. The Kier molecular flexibility index (Phi) is 3.82. The third kappa shape index (κ3) is 2.27. The predicted octanol–water partition coefficient (Wildman–Crippen LogP) is 5.05. The van der Waals surface area contributed by atoms with Crippen LogP contribution in [0.4, 0.5) is 0 Å². The van der Waals surface area contributed by atoms with Crippen molar-refractivity contribution in [3.8, 4) is 0 Å². The smallest absolute Gasteiger partial charge is 0.335 e. The van der Waals surface area contributed by atoms with Crippen LogP contribution in [0, 0.1) is 28.6 Å². The van der Waals surface area contributed by atoms with E-state index in [2.05, 4.69) is 26.0 Å². The van der Waals surface area contributed by atoms with E-state index in [1.54, 1.807) is 6.26 Å². The molecule has 7 atom stereocenters. The molecule has 0 radical (unpaired) electrons. The Morgan fingerprint density at radius 2 is 1.89 bits per heavy atom. The van der Waals surface area contributed by atoms with Crippen molar-refractivity contribution in [2.45, 2.75) is 76.7 Å². The Hall–Kier alpha value is -1.35. The third-order valence-electron chi connectivity index (χ3n) is 9.52. The highest BCUT2D eigenvalue weighted by atomic mass is 16.4. The van der Waals surface area contributed by atoms with E-state index in [9.17, 15) is 9.90 Å². The highest BCUT2D eigenvalue weighted by molar-refractivity contribution is 5.27. The fraction of sp³-hybridized carbons (Fsp3) is 0.708. The lowest BCUT2D eigenvalue weighted by atomic mass is 9.44. The first-order valence-corrected chi connectivity index (χ1v) is 10.8. The summed E-state index contributed by atoms with van der Waals surface area (Å²) in [4.78, 5) is 11.4. The topological polar surface area (TPSA) is 50.4 Å². The van der Waals surface area contributed by atoms with Gasteiger partial charge in [0.2, 0.25) is 0 Å². The van der Waals surface area contributed by atoms with Gasteiger partial charge in [0.25, 0.3) is 0 Å². The molecule has 1 aromatic rings. The molecule has 3 saturated carbocycles. The maximum atomic E-state index is 12.1. The van der Waals surface area contributed by atoms with Crippen LogP contribution in [0.15, 0.2) is 39.8 Å². The van der Waals surface area contributed by atoms with E-state index in [1.807, 2.05) is 6.07 Å². The van der Waals surface area contributed by atoms with E-state index in [4.69, 9.17) is 4.42 Å². The van der Waals surface area contributed by atoms with Gasteiger partial charge in [0, 0.05) is 11.5 Å². The first-order chi connectivity index (χ1) is 12.9. The fourth-order valence-electron chi connectivity index (χ4n) is 7.91. The van der Waals surface area contributed by atoms with Crippen molar-refractivity contribution in [1.82, 2.24) is 0 Å². The summed E-state index contributed by atoms with van der Waals surface area (Å²) in [6, 6.07) is 3.45. The molecule has 0 spiro atoms. The molecule has 1 heterocycles. The summed E-state index contributed by atoms with van der Waals surface area (Å²) in [6.07, 6.45) is 15.4. The molecule has 0 aliphatic heterocycles. The Morgan fingerprint density at radius 1 is 1.04 bits per heavy atom. The summed E-state index contributed by atoms with van der Waals surface area (Å²) in [5, 5.41) is 12.1. The molecule has 3 nitrogen and oxygen atoms in total. The van der Waals surface area contributed by atoms with E-state index in [1.165, 1.54) is 38.2 Å². The summed E-state index contributed by atoms with van der Waals surface area (Å²) in [6.45, 7) is 4.81. The quantitative estimate of drug-likeness (QED) is 0.706. The van der Waals surface area contributed by atoms with Gasteiger partial charge in [-0.05, 0) is 92.1 Å². The summed E-state index contributed by atoms with van der Waals surface area (Å²) in [5.74, 6) is 2.11. The Bertz CT molecular complexity index is 805. The predicted molar refractivity (Wildman–Crippen MR) is 105 cm³/mol. The Morgan fingerprint density at radius 3 is 2.67 bits per heavy atom. The monoisotopic (exact) mass is 368 g/mol. The van der Waals surface area contributed by atoms with Gasteiger partial charge in [-0.15, -0.1) is 0 Å². The first-order valence-electron chi connectivity index (χ1n) is 10.8. The van der Waals surface area contributed by atoms with E-state index in [0.29, 0.717) is 17.3 Å². The molecule has 0 bridgehead atoms. The molecule has 1 N–H and O–H groups in total. The van der Waals surface area contributed by atoms with Gasteiger partial charge in [0.15, 0.2) is 0 Å². The van der Waals surface area contributed by atoms with Crippen molar-refractivity contribution >= 4 is 0 Å². The second kappa shape index (κ2) is 5.83. The first kappa shape index (κ1) is 17.7. The van der Waals surface area contributed by atoms with Crippen LogP contribution in [-0.4, -0.2) is 10.7 Å². The minimum Gasteiger partial charge on any atom is -0.431 e. The van der Waals surface area contributed by atoms with Crippen molar-refractivity contribution in [2.24, 2.45) is 28.6 Å². The highest BCUT2D eigenvalue weighted by Crippen LogP contribution is 2.70. The van der Waals surface area contributed by atoms with Crippen molar-refractivity contribution in [3.05, 3.63) is 46.5 Å². The van der Waals surface area contributed by atoms with E-state index in [0.717, 1.165) is 30.7 Å². The van der Waals surface area contributed by atoms with Crippen LogP contribution in [0.5, 0.6) is 0 Å². The zero-order valence-electron chi connectivity index (χ0n) is 16.6. The van der Waals surface area contributed by atoms with Crippen LogP contribution < -0.4 is 5.63 Å². The molecule has 4 aliphatic carbocycles. The molecule has 3 heteroatoms. The van der Waals surface area contributed by atoms with Crippen LogP contribution in [0.1, 0.15) is 76.7 Å². The average Bonchev–Trinajstić information content (AvgIpc) is 2.94. The number of fused-ring (bicyclic) bond motifs is 5. The van der Waals surface area contributed by atoms with Gasteiger partial charge in [0.05, 0.1) is 11.9 Å². The molecular weight excluding hydrogens is 336 g/mol. The summed E-state index contributed by atoms with van der Waals surface area (Å²) in [7, 11) is 0. The van der Waals surface area contributed by atoms with Gasteiger partial charge in [0.1, 0.15) is 0 Å². The molecule has 0 amide bonds. The normalized spacial score (nSPS) is 48.6. The molecule has 146 valence electrons. The molecule has 0 saturated heterocycles. The lowest BCUT2D eigenvalue weighted by molar-refractivity contribution is -0.195. The second-order valence-corrected chi connectivity index (χ2v) is 10.3. The van der Waals surface area contributed by atoms with Crippen LogP contribution in [0.25, 0.3) is 0 Å². The molecule has 7 unspecified atom stereocenters. The van der Waals surface area contributed by atoms with Crippen LogP contribution in [0.2, 0.25) is 0 Å². The second-order valence-electron chi connectivity index (χ2n) is 10.3. The SMILES string of the molecule is CC12CC=CCC1CCC1C2CCC2(C)C(c3ccc(=O)oc3)CCC12O. The summed E-state index contributed by atoms with van der Waals surface area (Å²) >= 11 is 0. The van der Waals surface area contributed by atoms with Crippen molar-refractivity contribution in [1.29, 1.82) is 0 Å². The van der Waals surface area contributed by atoms with Crippen LogP contribution in [-0.2, 0) is 0 Å². The average molecular weight is 369 g/mol. The van der Waals surface area contributed by atoms with Gasteiger partial charge < -0.3 is 9.52 Å². The zero-order valence-corrected chi connectivity index (χ0v) is 16.6. The zero-order chi connectivity index (χ0) is 18.9. The van der Waals surface area contributed by atoms with E-state index in [-0.39, 0.29) is 17.0 Å². The van der Waals surface area contributed by atoms with Crippen LogP contribution in [0.3, 0.4) is 0 Å². The minimum absolute atomic E-state index is 0.123. The standard InChI is InChI=1S/C24H32O3/c1-22-12-4-3-5-17(22)7-8-20-19(22)10-13-23(2)18(11-14-24(20,23)26)16-6-9-21(25)27-15-16/h3-4,6,9,15,17-20,26H,5,7-8,10-14H2,1-2H3. The van der Waals surface area contributed by atoms with Crippen molar-refractivity contribution in [3.63, 3.8) is 0 Å². The van der Waals surface area contributed by atoms with Gasteiger partial charge >= 0.3 is 5.63 Å². The Balaban J connectivity index is 1.51. The Labute approximate surface area is 161 Å². The molecule has 3 fully saturated rings. The number of hydrogen-bond donors (Lipinski definition) is 1. The number of hydrogen-bond acceptors (Lipinski definition) is 3. The number of rotatable bonds is 1. The summed E-state index contributed by atoms with van der Waals surface area (Å²) in [5.41, 5.74) is 0.435. The van der Waals surface area contributed by atoms with Crippen molar-refractivity contribution in [2.75, 3.05) is 0 Å². The lowest BCUT2D eigenvalue weighted by Crippen LogP contribution is -2.61. The highest BCUT2D eigenvalue weighted by Gasteiger charge is 2.66. The number of aliphatic hydroxyl groups is 1. The van der Waals surface area contributed by atoms with Gasteiger partial charge in [-0.2, -0.15) is 0 Å². The maximum Gasteiger partial charge on any atom is 0.335 e. The maximum absolute atomic E-state index is 12.1. The lowest BCUT2D eigenvalue weighted by Gasteiger charge is -2.62.